The summed E-state index contributed by atoms with van der Waals surface area (Å²) in [5, 5.41) is 9.09. The summed E-state index contributed by atoms with van der Waals surface area (Å²) in [5.41, 5.74) is 1.14. The lowest BCUT2D eigenvalue weighted by molar-refractivity contribution is 0.0696. The normalized spacial score (nSPS) is 10.2. The maximum Gasteiger partial charge on any atom is 0.335 e. The van der Waals surface area contributed by atoms with Crippen LogP contribution in [0.2, 0.25) is 0 Å². The van der Waals surface area contributed by atoms with Crippen LogP contribution in [-0.2, 0) is 0 Å². The SMILES string of the molecule is CCCCN(C)c1cc(OCC)cc(C(=O)O)c1. The molecular weight excluding hydrogens is 230 g/mol. The number of carboxylic acids is 1. The van der Waals surface area contributed by atoms with Crippen LogP contribution < -0.4 is 9.64 Å². The molecule has 0 saturated heterocycles. The third-order valence-electron chi connectivity index (χ3n) is 2.74. The molecule has 0 atom stereocenters. The number of rotatable bonds is 7. The van der Waals surface area contributed by atoms with Crippen molar-refractivity contribution in [1.82, 2.24) is 0 Å². The summed E-state index contributed by atoms with van der Waals surface area (Å²) in [6, 6.07) is 5.12. The van der Waals surface area contributed by atoms with Crippen LogP contribution in [0.1, 0.15) is 37.0 Å². The van der Waals surface area contributed by atoms with Gasteiger partial charge in [-0.1, -0.05) is 13.3 Å². The van der Waals surface area contributed by atoms with Crippen molar-refractivity contribution in [3.8, 4) is 5.75 Å². The Morgan fingerprint density at radius 1 is 1.33 bits per heavy atom. The van der Waals surface area contributed by atoms with E-state index < -0.39 is 5.97 Å². The summed E-state index contributed by atoms with van der Waals surface area (Å²) >= 11 is 0. The Balaban J connectivity index is 2.98. The van der Waals surface area contributed by atoms with Crippen molar-refractivity contribution in [3.63, 3.8) is 0 Å². The van der Waals surface area contributed by atoms with Gasteiger partial charge in [-0.05, 0) is 25.5 Å². The molecule has 0 aliphatic carbocycles. The first kappa shape index (κ1) is 14.4. The van der Waals surface area contributed by atoms with Crippen molar-refractivity contribution in [1.29, 1.82) is 0 Å². The van der Waals surface area contributed by atoms with Gasteiger partial charge in [0, 0.05) is 25.3 Å². The van der Waals surface area contributed by atoms with E-state index in [2.05, 4.69) is 11.8 Å². The van der Waals surface area contributed by atoms with Gasteiger partial charge in [-0.25, -0.2) is 4.79 Å². The zero-order valence-electron chi connectivity index (χ0n) is 11.3. The number of carbonyl (C=O) groups is 1. The number of unbranched alkanes of at least 4 members (excludes halogenated alkanes) is 1. The van der Waals surface area contributed by atoms with Gasteiger partial charge in [0.05, 0.1) is 12.2 Å². The van der Waals surface area contributed by atoms with Crippen molar-refractivity contribution in [2.45, 2.75) is 26.7 Å². The summed E-state index contributed by atoms with van der Waals surface area (Å²) < 4.78 is 5.40. The minimum absolute atomic E-state index is 0.263. The number of ether oxygens (including phenoxy) is 1. The highest BCUT2D eigenvalue weighted by Crippen LogP contribution is 2.24. The lowest BCUT2D eigenvalue weighted by atomic mass is 10.1. The van der Waals surface area contributed by atoms with Crippen LogP contribution in [-0.4, -0.2) is 31.3 Å². The molecule has 0 aliphatic heterocycles. The minimum atomic E-state index is -0.929. The molecule has 1 aromatic carbocycles. The van der Waals surface area contributed by atoms with Crippen molar-refractivity contribution in [2.24, 2.45) is 0 Å². The van der Waals surface area contributed by atoms with Gasteiger partial charge in [0.1, 0.15) is 5.75 Å². The molecule has 0 heterocycles. The zero-order chi connectivity index (χ0) is 13.5. The molecule has 0 spiro atoms. The van der Waals surface area contributed by atoms with E-state index in [1.807, 2.05) is 20.0 Å². The Kier molecular flexibility index (Phi) is 5.49. The van der Waals surface area contributed by atoms with Gasteiger partial charge in [-0.3, -0.25) is 0 Å². The van der Waals surface area contributed by atoms with E-state index in [4.69, 9.17) is 9.84 Å². The number of nitrogens with zero attached hydrogens (tertiary/aromatic N) is 1. The fraction of sp³-hybridized carbons (Fsp3) is 0.500. The number of anilines is 1. The molecule has 1 aromatic rings. The van der Waals surface area contributed by atoms with Gasteiger partial charge < -0.3 is 14.7 Å². The van der Waals surface area contributed by atoms with E-state index in [1.165, 1.54) is 0 Å². The quantitative estimate of drug-likeness (QED) is 0.809. The molecule has 100 valence electrons. The van der Waals surface area contributed by atoms with Crippen molar-refractivity contribution in [3.05, 3.63) is 23.8 Å². The van der Waals surface area contributed by atoms with Gasteiger partial charge in [0.15, 0.2) is 0 Å². The molecule has 0 unspecified atom stereocenters. The lowest BCUT2D eigenvalue weighted by Gasteiger charge is -2.20. The monoisotopic (exact) mass is 251 g/mol. The molecule has 0 aliphatic rings. The molecule has 18 heavy (non-hydrogen) atoms. The summed E-state index contributed by atoms with van der Waals surface area (Å²) in [7, 11) is 1.96. The van der Waals surface area contributed by atoms with Gasteiger partial charge in [-0.15, -0.1) is 0 Å². The molecular formula is C14H21NO3. The van der Waals surface area contributed by atoms with Gasteiger partial charge in [0.25, 0.3) is 0 Å². The van der Waals surface area contributed by atoms with Crippen LogP contribution in [0, 0.1) is 0 Å². The Labute approximate surface area is 108 Å². The van der Waals surface area contributed by atoms with E-state index in [-0.39, 0.29) is 5.56 Å². The smallest absolute Gasteiger partial charge is 0.335 e. The van der Waals surface area contributed by atoms with Crippen LogP contribution in [0.25, 0.3) is 0 Å². The summed E-state index contributed by atoms with van der Waals surface area (Å²) in [6.45, 7) is 5.45. The maximum absolute atomic E-state index is 11.1. The maximum atomic E-state index is 11.1. The Morgan fingerprint density at radius 3 is 2.61 bits per heavy atom. The van der Waals surface area contributed by atoms with E-state index in [9.17, 15) is 4.79 Å². The minimum Gasteiger partial charge on any atom is -0.494 e. The molecule has 0 radical (unpaired) electrons. The number of benzene rings is 1. The first-order valence-electron chi connectivity index (χ1n) is 6.30. The van der Waals surface area contributed by atoms with Crippen LogP contribution in [0.3, 0.4) is 0 Å². The second-order valence-corrected chi connectivity index (χ2v) is 4.23. The average Bonchev–Trinajstić information content (AvgIpc) is 2.35. The highest BCUT2D eigenvalue weighted by atomic mass is 16.5. The van der Waals surface area contributed by atoms with E-state index >= 15 is 0 Å². The predicted octanol–water partition coefficient (Wildman–Crippen LogP) is 3.02. The molecule has 0 bridgehead atoms. The fourth-order valence-corrected chi connectivity index (χ4v) is 1.70. The average molecular weight is 251 g/mol. The van der Waals surface area contributed by atoms with Crippen molar-refractivity contribution < 1.29 is 14.6 Å². The van der Waals surface area contributed by atoms with Crippen LogP contribution in [0.15, 0.2) is 18.2 Å². The summed E-state index contributed by atoms with van der Waals surface area (Å²) in [6.07, 6.45) is 2.19. The van der Waals surface area contributed by atoms with Crippen molar-refractivity contribution in [2.75, 3.05) is 25.1 Å². The van der Waals surface area contributed by atoms with E-state index in [0.29, 0.717) is 12.4 Å². The zero-order valence-corrected chi connectivity index (χ0v) is 11.3. The summed E-state index contributed by atoms with van der Waals surface area (Å²) in [4.78, 5) is 13.1. The van der Waals surface area contributed by atoms with Crippen LogP contribution in [0.5, 0.6) is 5.75 Å². The van der Waals surface area contributed by atoms with Gasteiger partial charge in [0.2, 0.25) is 0 Å². The van der Waals surface area contributed by atoms with Crippen molar-refractivity contribution >= 4 is 11.7 Å². The first-order chi connectivity index (χ1) is 8.58. The Hall–Kier alpha value is -1.71. The predicted molar refractivity (Wildman–Crippen MR) is 72.7 cm³/mol. The number of hydrogen-bond acceptors (Lipinski definition) is 3. The second kappa shape index (κ2) is 6.89. The number of aromatic carboxylic acids is 1. The van der Waals surface area contributed by atoms with Crippen LogP contribution >= 0.6 is 0 Å². The Morgan fingerprint density at radius 2 is 2.06 bits per heavy atom. The lowest BCUT2D eigenvalue weighted by Crippen LogP contribution is -2.18. The van der Waals surface area contributed by atoms with Gasteiger partial charge in [-0.2, -0.15) is 0 Å². The molecule has 1 N–H and O–H groups in total. The topological polar surface area (TPSA) is 49.8 Å². The highest BCUT2D eigenvalue weighted by molar-refractivity contribution is 5.89. The first-order valence-corrected chi connectivity index (χ1v) is 6.30. The number of carboxylic acid groups (broad SMARTS) is 1. The Bertz CT molecular complexity index is 404. The largest absolute Gasteiger partial charge is 0.494 e. The van der Waals surface area contributed by atoms with E-state index in [1.54, 1.807) is 12.1 Å². The standard InChI is InChI=1S/C14H21NO3/c1-4-6-7-15(3)12-8-11(14(16)17)9-13(10-12)18-5-2/h8-10H,4-7H2,1-3H3,(H,16,17). The number of hydrogen-bond donors (Lipinski definition) is 1. The third-order valence-corrected chi connectivity index (χ3v) is 2.74. The molecule has 0 fully saturated rings. The molecule has 0 aromatic heterocycles. The summed E-state index contributed by atoms with van der Waals surface area (Å²) in [5.74, 6) is -0.322. The molecule has 0 amide bonds. The molecule has 0 saturated carbocycles. The van der Waals surface area contributed by atoms with Crippen LogP contribution in [0.4, 0.5) is 5.69 Å². The molecule has 4 nitrogen and oxygen atoms in total. The van der Waals surface area contributed by atoms with E-state index in [0.717, 1.165) is 25.1 Å². The fourth-order valence-electron chi connectivity index (χ4n) is 1.70. The van der Waals surface area contributed by atoms with Gasteiger partial charge >= 0.3 is 5.97 Å². The highest BCUT2D eigenvalue weighted by Gasteiger charge is 2.10. The second-order valence-electron chi connectivity index (χ2n) is 4.23. The molecule has 1 rings (SSSR count). The third kappa shape index (κ3) is 3.95. The molecule has 4 heteroatoms.